The first-order valence-electron chi connectivity index (χ1n) is 7.83. The summed E-state index contributed by atoms with van der Waals surface area (Å²) in [7, 11) is 0. The molecular weight excluding hydrogens is 342 g/mol. The van der Waals surface area contributed by atoms with Gasteiger partial charge in [-0.2, -0.15) is 11.8 Å². The summed E-state index contributed by atoms with van der Waals surface area (Å²) in [5, 5.41) is 2.66. The van der Waals surface area contributed by atoms with Crippen molar-refractivity contribution in [2.24, 2.45) is 0 Å². The van der Waals surface area contributed by atoms with Crippen molar-refractivity contribution in [2.75, 3.05) is 24.3 Å². The molecule has 1 aromatic carbocycles. The monoisotopic (exact) mass is 363 g/mol. The Morgan fingerprint density at radius 3 is 2.72 bits per heavy atom. The summed E-state index contributed by atoms with van der Waals surface area (Å²) < 4.78 is 10.4. The summed E-state index contributed by atoms with van der Waals surface area (Å²) in [4.78, 5) is 28.5. The molecule has 1 heterocycles. The van der Waals surface area contributed by atoms with E-state index >= 15 is 0 Å². The smallest absolute Gasteiger partial charge is 0.328 e. The molecule has 0 radical (unpaired) electrons. The molecule has 1 atom stereocenters. The number of hydrogen-bond donors (Lipinski definition) is 2. The summed E-state index contributed by atoms with van der Waals surface area (Å²) in [6.45, 7) is 1.98. The molecule has 1 unspecified atom stereocenters. The molecular formula is C17H21N3O4S. The van der Waals surface area contributed by atoms with Crippen molar-refractivity contribution in [2.45, 2.75) is 19.4 Å². The number of esters is 1. The molecule has 134 valence electrons. The zero-order valence-corrected chi connectivity index (χ0v) is 15.0. The Balaban J connectivity index is 2.08. The highest BCUT2D eigenvalue weighted by atomic mass is 32.2. The second-order valence-electron chi connectivity index (χ2n) is 5.22. The van der Waals surface area contributed by atoms with Crippen LogP contribution in [0.15, 0.2) is 34.9 Å². The molecule has 2 aromatic rings. The van der Waals surface area contributed by atoms with Gasteiger partial charge in [-0.1, -0.05) is 0 Å². The van der Waals surface area contributed by atoms with Gasteiger partial charge in [-0.15, -0.1) is 0 Å². The lowest BCUT2D eigenvalue weighted by Gasteiger charge is -2.15. The highest BCUT2D eigenvalue weighted by molar-refractivity contribution is 7.98. The maximum Gasteiger partial charge on any atom is 0.328 e. The first-order chi connectivity index (χ1) is 12.0. The third-order valence-corrected chi connectivity index (χ3v) is 4.03. The van der Waals surface area contributed by atoms with Crippen molar-refractivity contribution in [3.63, 3.8) is 0 Å². The van der Waals surface area contributed by atoms with E-state index in [1.807, 2.05) is 6.26 Å². The Morgan fingerprint density at radius 1 is 1.36 bits per heavy atom. The van der Waals surface area contributed by atoms with Crippen molar-refractivity contribution >= 4 is 29.3 Å². The molecule has 0 fully saturated rings. The number of thioether (sulfide) groups is 1. The molecule has 0 aliphatic rings. The first-order valence-corrected chi connectivity index (χ1v) is 9.22. The minimum Gasteiger partial charge on any atom is -0.464 e. The standard InChI is InChI=1S/C17H21N3O4S/c1-3-23-17(22)13(8-9-25-2)19-15(21)14-10-24-16(20-14)11-4-6-12(18)7-5-11/h4-7,10,13H,3,8-9,18H2,1-2H3,(H,19,21). The molecule has 8 heteroatoms. The third-order valence-electron chi connectivity index (χ3n) is 3.38. The van der Waals surface area contributed by atoms with Gasteiger partial charge in [0.05, 0.1) is 6.61 Å². The Bertz CT molecular complexity index is 715. The largest absolute Gasteiger partial charge is 0.464 e. The molecule has 1 amide bonds. The molecule has 7 nitrogen and oxygen atoms in total. The maximum absolute atomic E-state index is 12.4. The molecule has 0 spiro atoms. The molecule has 0 saturated carbocycles. The van der Waals surface area contributed by atoms with Crippen LogP contribution in [0.25, 0.3) is 11.5 Å². The van der Waals surface area contributed by atoms with Gasteiger partial charge in [0, 0.05) is 11.3 Å². The van der Waals surface area contributed by atoms with Gasteiger partial charge in [-0.05, 0) is 49.6 Å². The number of rotatable bonds is 8. The zero-order valence-electron chi connectivity index (χ0n) is 14.2. The predicted octanol–water partition coefficient (Wildman–Crippen LogP) is 2.34. The summed E-state index contributed by atoms with van der Waals surface area (Å²) in [6, 6.07) is 6.24. The normalized spacial score (nSPS) is 11.8. The van der Waals surface area contributed by atoms with Crippen molar-refractivity contribution < 1.29 is 18.7 Å². The van der Waals surface area contributed by atoms with Crippen molar-refractivity contribution in [1.82, 2.24) is 10.3 Å². The maximum atomic E-state index is 12.4. The average Bonchev–Trinajstić information content (AvgIpc) is 3.09. The van der Waals surface area contributed by atoms with E-state index < -0.39 is 17.9 Å². The van der Waals surface area contributed by atoms with Crippen molar-refractivity contribution in [3.8, 4) is 11.5 Å². The fourth-order valence-electron chi connectivity index (χ4n) is 2.10. The molecule has 1 aromatic heterocycles. The molecule has 0 aliphatic carbocycles. The fraction of sp³-hybridized carbons (Fsp3) is 0.353. The quantitative estimate of drug-likeness (QED) is 0.547. The van der Waals surface area contributed by atoms with Gasteiger partial charge >= 0.3 is 5.97 Å². The number of hydrogen-bond acceptors (Lipinski definition) is 7. The summed E-state index contributed by atoms with van der Waals surface area (Å²) >= 11 is 1.59. The van der Waals surface area contributed by atoms with E-state index in [0.29, 0.717) is 23.6 Å². The lowest BCUT2D eigenvalue weighted by molar-refractivity contribution is -0.145. The van der Waals surface area contributed by atoms with E-state index in [9.17, 15) is 9.59 Å². The van der Waals surface area contributed by atoms with Crippen LogP contribution >= 0.6 is 11.8 Å². The summed E-state index contributed by atoms with van der Waals surface area (Å²) in [5.41, 5.74) is 7.08. The minimum atomic E-state index is -0.712. The third kappa shape index (κ3) is 5.25. The average molecular weight is 363 g/mol. The van der Waals surface area contributed by atoms with Gasteiger partial charge in [0.1, 0.15) is 12.3 Å². The Kier molecular flexibility index (Phi) is 6.88. The number of anilines is 1. The second kappa shape index (κ2) is 9.12. The van der Waals surface area contributed by atoms with Crippen molar-refractivity contribution in [1.29, 1.82) is 0 Å². The van der Waals surface area contributed by atoms with E-state index in [4.69, 9.17) is 14.9 Å². The van der Waals surface area contributed by atoms with Gasteiger partial charge in [-0.25, -0.2) is 9.78 Å². The number of ether oxygens (including phenoxy) is 1. The fourth-order valence-corrected chi connectivity index (χ4v) is 2.57. The zero-order chi connectivity index (χ0) is 18.2. The summed E-state index contributed by atoms with van der Waals surface area (Å²) in [6.07, 6.45) is 3.67. The molecule has 3 N–H and O–H groups in total. The molecule has 0 saturated heterocycles. The number of amides is 1. The minimum absolute atomic E-state index is 0.102. The van der Waals surface area contributed by atoms with Crippen LogP contribution in [0.4, 0.5) is 5.69 Å². The lowest BCUT2D eigenvalue weighted by atomic mass is 10.2. The molecule has 2 rings (SSSR count). The number of nitrogens with zero attached hydrogens (tertiary/aromatic N) is 1. The first kappa shape index (κ1) is 18.9. The molecule has 25 heavy (non-hydrogen) atoms. The Labute approximate surface area is 150 Å². The van der Waals surface area contributed by atoms with Crippen LogP contribution in [-0.2, 0) is 9.53 Å². The lowest BCUT2D eigenvalue weighted by Crippen LogP contribution is -2.42. The molecule has 0 aliphatic heterocycles. The number of benzene rings is 1. The summed E-state index contributed by atoms with van der Waals surface area (Å²) in [5.74, 6) is 0.0953. The topological polar surface area (TPSA) is 107 Å². The van der Waals surface area contributed by atoms with Crippen molar-refractivity contribution in [3.05, 3.63) is 36.2 Å². The Morgan fingerprint density at radius 2 is 2.08 bits per heavy atom. The Hall–Kier alpha value is -2.48. The van der Waals surface area contributed by atoms with Gasteiger partial charge in [0.25, 0.3) is 5.91 Å². The number of oxazole rings is 1. The van der Waals surface area contributed by atoms with Gasteiger partial charge in [0.15, 0.2) is 5.69 Å². The van der Waals surface area contributed by atoms with Crippen LogP contribution in [0.2, 0.25) is 0 Å². The SMILES string of the molecule is CCOC(=O)C(CCSC)NC(=O)c1coc(-c2ccc(N)cc2)n1. The number of nitrogens with one attached hydrogen (secondary N) is 1. The van der Waals surface area contributed by atoms with Crippen LogP contribution in [0.5, 0.6) is 0 Å². The molecule has 0 bridgehead atoms. The van der Waals surface area contributed by atoms with Crippen LogP contribution in [0.3, 0.4) is 0 Å². The van der Waals surface area contributed by atoms with E-state index in [1.54, 1.807) is 43.0 Å². The van der Waals surface area contributed by atoms with E-state index in [-0.39, 0.29) is 12.3 Å². The highest BCUT2D eigenvalue weighted by Gasteiger charge is 2.24. The number of carbonyl (C=O) groups excluding carboxylic acids is 2. The van der Waals surface area contributed by atoms with Crippen LogP contribution in [0, 0.1) is 0 Å². The van der Waals surface area contributed by atoms with E-state index in [0.717, 1.165) is 5.75 Å². The van der Waals surface area contributed by atoms with Gasteiger partial charge < -0.3 is 20.2 Å². The second-order valence-corrected chi connectivity index (χ2v) is 6.21. The predicted molar refractivity (Wildman–Crippen MR) is 97.2 cm³/mol. The van der Waals surface area contributed by atoms with Gasteiger partial charge in [0.2, 0.25) is 5.89 Å². The number of nitrogens with two attached hydrogens (primary N) is 1. The highest BCUT2D eigenvalue weighted by Crippen LogP contribution is 2.20. The number of carbonyl (C=O) groups is 2. The van der Waals surface area contributed by atoms with Crippen LogP contribution in [-0.4, -0.2) is 41.5 Å². The number of nitrogen functional groups attached to an aromatic ring is 1. The van der Waals surface area contributed by atoms with E-state index in [1.165, 1.54) is 6.26 Å². The number of aromatic nitrogens is 1. The van der Waals surface area contributed by atoms with E-state index in [2.05, 4.69) is 10.3 Å². The van der Waals surface area contributed by atoms with Crippen LogP contribution < -0.4 is 11.1 Å². The van der Waals surface area contributed by atoms with Gasteiger partial charge in [-0.3, -0.25) is 4.79 Å². The van der Waals surface area contributed by atoms with Crippen LogP contribution in [0.1, 0.15) is 23.8 Å².